The molecule has 3 rings (SSSR count). The molecule has 0 radical (unpaired) electrons. The number of aliphatic hydroxyl groups is 3. The van der Waals surface area contributed by atoms with Gasteiger partial charge in [0, 0.05) is 12.3 Å². The number of hydrogen-bond donors (Lipinski definition) is 4. The molecular formula is C16H16FN3O7. The second-order valence-electron chi connectivity index (χ2n) is 5.70. The predicted octanol–water partition coefficient (Wildman–Crippen LogP) is -0.822. The average molecular weight is 381 g/mol. The predicted molar refractivity (Wildman–Crippen MR) is 86.9 cm³/mol. The molecule has 0 bridgehead atoms. The van der Waals surface area contributed by atoms with Crippen molar-refractivity contribution in [3.8, 4) is 0 Å². The minimum absolute atomic E-state index is 0.146. The third-order valence-corrected chi connectivity index (χ3v) is 3.96. The fourth-order valence-electron chi connectivity index (χ4n) is 2.55. The Bertz CT molecular complexity index is 890. The summed E-state index contributed by atoms with van der Waals surface area (Å²) in [4.78, 5) is 32.2. The van der Waals surface area contributed by atoms with Crippen molar-refractivity contribution in [2.45, 2.75) is 24.5 Å². The van der Waals surface area contributed by atoms with Gasteiger partial charge in [-0.05, 0) is 12.1 Å². The smallest absolute Gasteiger partial charge is 0.365 e. The van der Waals surface area contributed by atoms with E-state index in [9.17, 15) is 24.2 Å². The molecule has 1 aliphatic heterocycles. The van der Waals surface area contributed by atoms with Crippen LogP contribution in [-0.4, -0.2) is 55.8 Å². The summed E-state index contributed by atoms with van der Waals surface area (Å²) in [5.74, 6) is -1.92. The zero-order valence-electron chi connectivity index (χ0n) is 13.7. The van der Waals surface area contributed by atoms with Crippen LogP contribution in [0.5, 0.6) is 0 Å². The van der Waals surface area contributed by atoms with Crippen LogP contribution in [0.25, 0.3) is 0 Å². The molecule has 1 aromatic heterocycles. The molecule has 0 spiro atoms. The summed E-state index contributed by atoms with van der Waals surface area (Å²) >= 11 is 0. The molecule has 4 N–H and O–H groups in total. The number of nitrogens with zero attached hydrogens (tertiary/aromatic N) is 2. The summed E-state index contributed by atoms with van der Waals surface area (Å²) in [6.07, 6.45) is -3.91. The monoisotopic (exact) mass is 381 g/mol. The maximum atomic E-state index is 13.5. The minimum atomic E-state index is -1.45. The van der Waals surface area contributed by atoms with Crippen LogP contribution in [-0.2, 0) is 9.57 Å². The number of anilines is 1. The fraction of sp³-hybridized carbons (Fsp3) is 0.312. The van der Waals surface area contributed by atoms with E-state index in [-0.39, 0.29) is 11.4 Å². The van der Waals surface area contributed by atoms with Crippen molar-refractivity contribution in [1.82, 2.24) is 9.55 Å². The number of nitrogens with one attached hydrogen (secondary N) is 1. The first kappa shape index (κ1) is 18.9. The normalized spacial score (nSPS) is 24.6. The van der Waals surface area contributed by atoms with Gasteiger partial charge >= 0.3 is 11.7 Å². The van der Waals surface area contributed by atoms with Gasteiger partial charge in [-0.3, -0.25) is 4.57 Å². The van der Waals surface area contributed by atoms with Crippen molar-refractivity contribution in [2.24, 2.45) is 0 Å². The minimum Gasteiger partial charge on any atom is -0.394 e. The Balaban J connectivity index is 1.70. The number of benzene rings is 1. The van der Waals surface area contributed by atoms with Crippen LogP contribution in [0.15, 0.2) is 41.3 Å². The Hall–Kier alpha value is -2.86. The van der Waals surface area contributed by atoms with Crippen LogP contribution in [0.2, 0.25) is 0 Å². The summed E-state index contributed by atoms with van der Waals surface area (Å²) in [6, 6.07) is 6.44. The number of rotatable bonds is 5. The number of carbonyl (C=O) groups excluding carboxylic acids is 1. The quantitative estimate of drug-likeness (QED) is 0.488. The van der Waals surface area contributed by atoms with Crippen LogP contribution >= 0.6 is 0 Å². The molecule has 0 saturated carbocycles. The standard InChI is InChI=1S/C16H16FN3O7/c17-9-4-2-1-3-8(9)15(24)27-19-11-5-6-20(16(25)18-11)14-13(23)12(22)10(7-21)26-14/h1-6,10,12-14,21-23H,7H2,(H,18,19,25)/t10-,12-,13-,14-/m1/s1. The Labute approximate surface area is 151 Å². The van der Waals surface area contributed by atoms with Crippen molar-refractivity contribution in [2.75, 3.05) is 12.1 Å². The molecule has 1 saturated heterocycles. The van der Waals surface area contributed by atoms with Crippen LogP contribution in [0.1, 0.15) is 16.6 Å². The lowest BCUT2D eigenvalue weighted by molar-refractivity contribution is -0.0549. The highest BCUT2D eigenvalue weighted by Gasteiger charge is 2.43. The third-order valence-electron chi connectivity index (χ3n) is 3.96. The number of halogens is 1. The highest BCUT2D eigenvalue weighted by molar-refractivity contribution is 5.90. The van der Waals surface area contributed by atoms with Gasteiger partial charge in [0.15, 0.2) is 12.0 Å². The van der Waals surface area contributed by atoms with Crippen molar-refractivity contribution in [3.63, 3.8) is 0 Å². The van der Waals surface area contributed by atoms with Crippen molar-refractivity contribution in [3.05, 3.63) is 58.4 Å². The molecular weight excluding hydrogens is 365 g/mol. The molecule has 1 aliphatic rings. The molecule has 0 amide bonds. The van der Waals surface area contributed by atoms with Crippen molar-refractivity contribution >= 4 is 11.8 Å². The molecule has 0 unspecified atom stereocenters. The zero-order valence-corrected chi connectivity index (χ0v) is 13.7. The van der Waals surface area contributed by atoms with E-state index in [1.165, 1.54) is 30.5 Å². The van der Waals surface area contributed by atoms with E-state index < -0.39 is 48.6 Å². The Morgan fingerprint density at radius 1 is 1.30 bits per heavy atom. The number of ether oxygens (including phenoxy) is 1. The average Bonchev–Trinajstić information content (AvgIpc) is 2.95. The van der Waals surface area contributed by atoms with Gasteiger partial charge < -0.3 is 24.9 Å². The van der Waals surface area contributed by atoms with Crippen molar-refractivity contribution in [1.29, 1.82) is 0 Å². The lowest BCUT2D eigenvalue weighted by atomic mass is 10.1. The fourth-order valence-corrected chi connectivity index (χ4v) is 2.55. The van der Waals surface area contributed by atoms with Gasteiger partial charge in [0.25, 0.3) is 0 Å². The third kappa shape index (κ3) is 3.80. The summed E-state index contributed by atoms with van der Waals surface area (Å²) in [5, 5.41) is 28.8. The molecule has 4 atom stereocenters. The van der Waals surface area contributed by atoms with E-state index in [1.807, 2.05) is 0 Å². The highest BCUT2D eigenvalue weighted by atomic mass is 19.1. The summed E-state index contributed by atoms with van der Waals surface area (Å²) < 4.78 is 19.7. The van der Waals surface area contributed by atoms with E-state index in [0.29, 0.717) is 0 Å². The van der Waals surface area contributed by atoms with Gasteiger partial charge in [0.05, 0.1) is 12.2 Å². The van der Waals surface area contributed by atoms with Crippen LogP contribution in [0.4, 0.5) is 10.2 Å². The molecule has 2 aromatic rings. The zero-order chi connectivity index (χ0) is 19.6. The van der Waals surface area contributed by atoms with E-state index in [2.05, 4.69) is 10.5 Å². The first-order valence-electron chi connectivity index (χ1n) is 7.85. The van der Waals surface area contributed by atoms with Gasteiger partial charge in [-0.1, -0.05) is 12.1 Å². The Morgan fingerprint density at radius 2 is 2.04 bits per heavy atom. The van der Waals surface area contributed by atoms with Crippen LogP contribution in [0, 0.1) is 5.82 Å². The molecule has 2 heterocycles. The summed E-state index contributed by atoms with van der Waals surface area (Å²) in [6.45, 7) is -0.539. The second-order valence-corrected chi connectivity index (χ2v) is 5.70. The molecule has 10 nitrogen and oxygen atoms in total. The second kappa shape index (κ2) is 7.80. The van der Waals surface area contributed by atoms with Crippen LogP contribution < -0.4 is 11.2 Å². The molecule has 11 heteroatoms. The van der Waals surface area contributed by atoms with Gasteiger partial charge in [-0.15, -0.1) is 0 Å². The van der Waals surface area contributed by atoms with E-state index in [0.717, 1.165) is 10.6 Å². The van der Waals surface area contributed by atoms with Crippen LogP contribution in [0.3, 0.4) is 0 Å². The maximum absolute atomic E-state index is 13.5. The lowest BCUT2D eigenvalue weighted by Crippen LogP contribution is -2.36. The molecule has 1 fully saturated rings. The number of carbonyl (C=O) groups is 1. The SMILES string of the molecule is O=C(ONc1ccn([C@@H]2O[C@H](CO)[C@@H](O)[C@H]2O)c(=O)n1)c1ccccc1F. The first-order chi connectivity index (χ1) is 12.9. The highest BCUT2D eigenvalue weighted by Crippen LogP contribution is 2.28. The van der Waals surface area contributed by atoms with Gasteiger partial charge in [-0.25, -0.2) is 14.0 Å². The number of hydrogen-bond acceptors (Lipinski definition) is 9. The molecule has 0 aliphatic carbocycles. The van der Waals surface area contributed by atoms with E-state index >= 15 is 0 Å². The molecule has 1 aromatic carbocycles. The number of aromatic nitrogens is 2. The maximum Gasteiger partial charge on any atom is 0.365 e. The largest absolute Gasteiger partial charge is 0.394 e. The van der Waals surface area contributed by atoms with E-state index in [4.69, 9.17) is 14.7 Å². The lowest BCUT2D eigenvalue weighted by Gasteiger charge is -2.17. The van der Waals surface area contributed by atoms with E-state index in [1.54, 1.807) is 0 Å². The Kier molecular flexibility index (Phi) is 5.46. The van der Waals surface area contributed by atoms with Gasteiger partial charge in [0.1, 0.15) is 24.1 Å². The summed E-state index contributed by atoms with van der Waals surface area (Å²) in [5.41, 5.74) is 0.956. The molecule has 27 heavy (non-hydrogen) atoms. The van der Waals surface area contributed by atoms with Gasteiger partial charge in [-0.2, -0.15) is 10.5 Å². The number of aliphatic hydroxyl groups excluding tert-OH is 3. The van der Waals surface area contributed by atoms with Crippen molar-refractivity contribution < 1.29 is 34.1 Å². The Morgan fingerprint density at radius 3 is 2.67 bits per heavy atom. The molecule has 144 valence electrons. The van der Waals surface area contributed by atoms with Gasteiger partial charge in [0.2, 0.25) is 0 Å². The first-order valence-corrected chi connectivity index (χ1v) is 7.85. The summed E-state index contributed by atoms with van der Waals surface area (Å²) in [7, 11) is 0. The topological polar surface area (TPSA) is 143 Å².